The topological polar surface area (TPSA) is 41.3 Å². The van der Waals surface area contributed by atoms with Gasteiger partial charge in [0.15, 0.2) is 0 Å². The molecule has 1 aromatic carbocycles. The highest BCUT2D eigenvalue weighted by atomic mass is 79.9. The maximum Gasteiger partial charge on any atom is 0.0325 e. The quantitative estimate of drug-likeness (QED) is 0.799. The predicted octanol–water partition coefficient (Wildman–Crippen LogP) is 1.44. The van der Waals surface area contributed by atoms with Crippen molar-refractivity contribution < 1.29 is 0 Å². The minimum atomic E-state index is 0.811. The van der Waals surface area contributed by atoms with Crippen molar-refractivity contribution in [3.63, 3.8) is 0 Å². The number of nitrogens with two attached hydrogens (primary N) is 1. The van der Waals surface area contributed by atoms with Crippen molar-refractivity contribution in [3.05, 3.63) is 28.2 Å². The van der Waals surface area contributed by atoms with E-state index < -0.39 is 0 Å². The van der Waals surface area contributed by atoms with Gasteiger partial charge in [0.2, 0.25) is 0 Å². The van der Waals surface area contributed by atoms with Crippen molar-refractivity contribution in [3.8, 4) is 0 Å². The molecule has 0 radical (unpaired) electrons. The summed E-state index contributed by atoms with van der Waals surface area (Å²) in [6, 6.07) is 6.03. The molecule has 0 atom stereocenters. The third-order valence-electron chi connectivity index (χ3n) is 2.68. The van der Waals surface area contributed by atoms with Gasteiger partial charge in [-0.3, -0.25) is 4.90 Å². The summed E-state index contributed by atoms with van der Waals surface area (Å²) in [6.45, 7) is 5.43. The van der Waals surface area contributed by atoms with Crippen molar-refractivity contribution in [1.29, 1.82) is 0 Å². The van der Waals surface area contributed by atoms with Crippen LogP contribution in [0.3, 0.4) is 0 Å². The lowest BCUT2D eigenvalue weighted by Gasteiger charge is -2.27. The van der Waals surface area contributed by atoms with Gasteiger partial charge in [0.05, 0.1) is 0 Å². The fraction of sp³-hybridized carbons (Fsp3) is 0.455. The molecule has 0 saturated carbocycles. The Labute approximate surface area is 98.8 Å². The number of nitrogens with one attached hydrogen (secondary N) is 1. The zero-order valence-corrected chi connectivity index (χ0v) is 10.3. The van der Waals surface area contributed by atoms with Crippen LogP contribution >= 0.6 is 15.9 Å². The molecular weight excluding hydrogens is 254 g/mol. The summed E-state index contributed by atoms with van der Waals surface area (Å²) in [7, 11) is 0. The molecule has 1 aliphatic rings. The minimum absolute atomic E-state index is 0.811. The molecule has 0 unspecified atom stereocenters. The van der Waals surface area contributed by atoms with E-state index >= 15 is 0 Å². The van der Waals surface area contributed by atoms with Gasteiger partial charge in [-0.25, -0.2) is 0 Å². The van der Waals surface area contributed by atoms with Gasteiger partial charge in [0, 0.05) is 42.9 Å². The van der Waals surface area contributed by atoms with Crippen LogP contribution in [0.4, 0.5) is 5.69 Å². The Morgan fingerprint density at radius 1 is 1.33 bits per heavy atom. The van der Waals surface area contributed by atoms with Gasteiger partial charge in [-0.05, 0) is 17.7 Å². The molecule has 82 valence electrons. The molecule has 0 spiro atoms. The monoisotopic (exact) mass is 269 g/mol. The largest absolute Gasteiger partial charge is 0.399 e. The second-order valence-electron chi connectivity index (χ2n) is 3.88. The molecule has 1 fully saturated rings. The van der Waals surface area contributed by atoms with Gasteiger partial charge in [-0.1, -0.05) is 22.0 Å². The second kappa shape index (κ2) is 4.96. The first-order chi connectivity index (χ1) is 7.25. The molecule has 1 aliphatic heterocycles. The van der Waals surface area contributed by atoms with E-state index in [2.05, 4.69) is 32.2 Å². The Balaban J connectivity index is 2.03. The number of anilines is 1. The highest BCUT2D eigenvalue weighted by Gasteiger charge is 2.11. The standard InChI is InChI=1S/C11H16BrN3/c12-11-7-10(13)2-1-9(11)8-15-5-3-14-4-6-15/h1-2,7,14H,3-6,8,13H2. The second-order valence-corrected chi connectivity index (χ2v) is 4.73. The average molecular weight is 270 g/mol. The lowest BCUT2D eigenvalue weighted by molar-refractivity contribution is 0.233. The van der Waals surface area contributed by atoms with Gasteiger partial charge in [-0.2, -0.15) is 0 Å². The zero-order chi connectivity index (χ0) is 10.7. The van der Waals surface area contributed by atoms with Crippen molar-refractivity contribution >= 4 is 21.6 Å². The van der Waals surface area contributed by atoms with Gasteiger partial charge < -0.3 is 11.1 Å². The Morgan fingerprint density at radius 3 is 2.73 bits per heavy atom. The van der Waals surface area contributed by atoms with E-state index in [4.69, 9.17) is 5.73 Å². The number of nitrogens with zero attached hydrogens (tertiary/aromatic N) is 1. The van der Waals surface area contributed by atoms with Crippen LogP contribution in [0.5, 0.6) is 0 Å². The van der Waals surface area contributed by atoms with E-state index in [0.717, 1.165) is 42.9 Å². The van der Waals surface area contributed by atoms with Crippen LogP contribution in [0, 0.1) is 0 Å². The Hall–Kier alpha value is -0.580. The molecule has 1 heterocycles. The average Bonchev–Trinajstić information content (AvgIpc) is 2.24. The summed E-state index contributed by atoms with van der Waals surface area (Å²) < 4.78 is 1.11. The van der Waals surface area contributed by atoms with Gasteiger partial charge in [-0.15, -0.1) is 0 Å². The van der Waals surface area contributed by atoms with Crippen molar-refractivity contribution in [2.45, 2.75) is 6.54 Å². The fourth-order valence-corrected chi connectivity index (χ4v) is 2.32. The van der Waals surface area contributed by atoms with Gasteiger partial charge in [0.1, 0.15) is 0 Å². The van der Waals surface area contributed by atoms with Crippen LogP contribution in [0.2, 0.25) is 0 Å². The van der Waals surface area contributed by atoms with E-state index in [1.165, 1.54) is 5.56 Å². The van der Waals surface area contributed by atoms with Crippen molar-refractivity contribution in [2.24, 2.45) is 0 Å². The molecule has 0 amide bonds. The summed E-state index contributed by atoms with van der Waals surface area (Å²) in [6.07, 6.45) is 0. The molecule has 0 bridgehead atoms. The number of hydrogen-bond acceptors (Lipinski definition) is 3. The van der Waals surface area contributed by atoms with Crippen LogP contribution in [0.25, 0.3) is 0 Å². The summed E-state index contributed by atoms with van der Waals surface area (Å²) in [5, 5.41) is 3.35. The predicted molar refractivity (Wildman–Crippen MR) is 66.7 cm³/mol. The third-order valence-corrected chi connectivity index (χ3v) is 3.42. The first-order valence-electron chi connectivity index (χ1n) is 5.23. The summed E-state index contributed by atoms with van der Waals surface area (Å²) in [5.41, 5.74) is 7.83. The number of benzene rings is 1. The highest BCUT2D eigenvalue weighted by Crippen LogP contribution is 2.21. The maximum absolute atomic E-state index is 5.71. The Morgan fingerprint density at radius 2 is 2.07 bits per heavy atom. The van der Waals surface area contributed by atoms with Crippen LogP contribution < -0.4 is 11.1 Å². The summed E-state index contributed by atoms with van der Waals surface area (Å²) in [4.78, 5) is 2.45. The first-order valence-corrected chi connectivity index (χ1v) is 6.02. The number of hydrogen-bond donors (Lipinski definition) is 2. The summed E-state index contributed by atoms with van der Waals surface area (Å²) in [5.74, 6) is 0. The van der Waals surface area contributed by atoms with E-state index in [9.17, 15) is 0 Å². The van der Waals surface area contributed by atoms with E-state index in [-0.39, 0.29) is 0 Å². The lowest BCUT2D eigenvalue weighted by Crippen LogP contribution is -2.42. The molecule has 1 saturated heterocycles. The van der Waals surface area contributed by atoms with E-state index in [1.54, 1.807) is 0 Å². The molecule has 3 N–H and O–H groups in total. The number of piperazine rings is 1. The molecule has 0 aromatic heterocycles. The number of halogens is 1. The van der Waals surface area contributed by atoms with Gasteiger partial charge in [0.25, 0.3) is 0 Å². The number of nitrogen functional groups attached to an aromatic ring is 1. The van der Waals surface area contributed by atoms with E-state index in [1.807, 2.05) is 12.1 Å². The Bertz CT molecular complexity index is 335. The molecule has 0 aliphatic carbocycles. The highest BCUT2D eigenvalue weighted by molar-refractivity contribution is 9.10. The maximum atomic E-state index is 5.71. The van der Waals surface area contributed by atoms with Crippen LogP contribution in [0.15, 0.2) is 22.7 Å². The molecule has 1 aromatic rings. The zero-order valence-electron chi connectivity index (χ0n) is 8.67. The Kier molecular flexibility index (Phi) is 3.61. The smallest absolute Gasteiger partial charge is 0.0325 e. The first kappa shape index (κ1) is 10.9. The van der Waals surface area contributed by atoms with E-state index in [0.29, 0.717) is 0 Å². The minimum Gasteiger partial charge on any atom is -0.399 e. The molecule has 15 heavy (non-hydrogen) atoms. The SMILES string of the molecule is Nc1ccc(CN2CCNCC2)c(Br)c1. The normalized spacial score (nSPS) is 17.9. The van der Waals surface area contributed by atoms with Crippen LogP contribution in [-0.2, 0) is 6.54 Å². The van der Waals surface area contributed by atoms with Crippen LogP contribution in [0.1, 0.15) is 5.56 Å². The molecule has 3 nitrogen and oxygen atoms in total. The summed E-state index contributed by atoms with van der Waals surface area (Å²) >= 11 is 3.55. The molecule has 2 rings (SSSR count). The van der Waals surface area contributed by atoms with Crippen molar-refractivity contribution in [1.82, 2.24) is 10.2 Å². The number of rotatable bonds is 2. The van der Waals surface area contributed by atoms with Crippen molar-refractivity contribution in [2.75, 3.05) is 31.9 Å². The third kappa shape index (κ3) is 2.93. The fourth-order valence-electron chi connectivity index (χ4n) is 1.80. The molecular formula is C11H16BrN3. The lowest BCUT2D eigenvalue weighted by atomic mass is 10.2. The van der Waals surface area contributed by atoms with Crippen LogP contribution in [-0.4, -0.2) is 31.1 Å². The molecule has 4 heteroatoms. The van der Waals surface area contributed by atoms with Gasteiger partial charge >= 0.3 is 0 Å².